The molecule has 1 N–H and O–H groups in total. The van der Waals surface area contributed by atoms with E-state index in [0.717, 1.165) is 19.2 Å². The fraction of sp³-hybridized carbons (Fsp3) is 0.500. The van der Waals surface area contributed by atoms with Crippen LogP contribution in [0.25, 0.3) is 6.08 Å². The molecule has 1 amide bonds. The Hall–Kier alpha value is -1.57. The summed E-state index contributed by atoms with van der Waals surface area (Å²) >= 11 is 5.57. The lowest BCUT2D eigenvalue weighted by Crippen LogP contribution is -2.47. The van der Waals surface area contributed by atoms with Crippen LogP contribution in [-0.2, 0) is 15.7 Å². The molecule has 1 aliphatic heterocycles. The highest BCUT2D eigenvalue weighted by Gasteiger charge is 2.33. The van der Waals surface area contributed by atoms with E-state index in [1.54, 1.807) is 0 Å². The number of nitrogens with one attached hydrogen (secondary N) is 1. The van der Waals surface area contributed by atoms with Crippen molar-refractivity contribution in [2.45, 2.75) is 32.2 Å². The highest BCUT2D eigenvalue weighted by atomic mass is 35.5. The highest BCUT2D eigenvalue weighted by Crippen LogP contribution is 2.35. The van der Waals surface area contributed by atoms with Crippen molar-refractivity contribution in [3.8, 4) is 0 Å². The molecular formula is C18H22ClF3N2O2. The van der Waals surface area contributed by atoms with Gasteiger partial charge in [-0.15, -0.1) is 0 Å². The lowest BCUT2D eigenvalue weighted by atomic mass is 10.1. The average molecular weight is 391 g/mol. The summed E-state index contributed by atoms with van der Waals surface area (Å²) in [5, 5.41) is 2.36. The molecular weight excluding hydrogens is 369 g/mol. The third-order valence-electron chi connectivity index (χ3n) is 3.95. The summed E-state index contributed by atoms with van der Waals surface area (Å²) in [6.07, 6.45) is -1.67. The number of hydrogen-bond acceptors (Lipinski definition) is 3. The molecule has 0 spiro atoms. The number of alkyl halides is 3. The van der Waals surface area contributed by atoms with Crippen molar-refractivity contribution < 1.29 is 22.7 Å². The van der Waals surface area contributed by atoms with Gasteiger partial charge in [-0.3, -0.25) is 9.69 Å². The molecule has 2 unspecified atom stereocenters. The van der Waals surface area contributed by atoms with E-state index in [4.69, 9.17) is 16.3 Å². The van der Waals surface area contributed by atoms with Gasteiger partial charge in [0.15, 0.2) is 0 Å². The first-order valence-corrected chi connectivity index (χ1v) is 8.73. The number of nitrogens with zero attached hydrogens (tertiary/aromatic N) is 1. The first kappa shape index (κ1) is 20.7. The number of ether oxygens (including phenoxy) is 1. The largest absolute Gasteiger partial charge is 0.417 e. The van der Waals surface area contributed by atoms with E-state index in [9.17, 15) is 18.0 Å². The van der Waals surface area contributed by atoms with Crippen molar-refractivity contribution in [2.24, 2.45) is 0 Å². The second-order valence-corrected chi connectivity index (χ2v) is 6.79. The zero-order chi connectivity index (χ0) is 19.3. The van der Waals surface area contributed by atoms with Crippen LogP contribution in [0.5, 0.6) is 0 Å². The fourth-order valence-electron chi connectivity index (χ4n) is 2.90. The molecule has 1 aromatic rings. The van der Waals surface area contributed by atoms with Gasteiger partial charge in [0.25, 0.3) is 0 Å². The molecule has 8 heteroatoms. The topological polar surface area (TPSA) is 41.6 Å². The predicted octanol–water partition coefficient (Wildman–Crippen LogP) is 3.60. The van der Waals surface area contributed by atoms with Crippen LogP contribution in [-0.4, -0.2) is 49.2 Å². The summed E-state index contributed by atoms with van der Waals surface area (Å²) < 4.78 is 44.1. The van der Waals surface area contributed by atoms with E-state index < -0.39 is 11.7 Å². The smallest absolute Gasteiger partial charge is 0.373 e. The number of carbonyl (C=O) groups is 1. The van der Waals surface area contributed by atoms with Crippen molar-refractivity contribution in [3.63, 3.8) is 0 Å². The minimum Gasteiger partial charge on any atom is -0.373 e. The summed E-state index contributed by atoms with van der Waals surface area (Å²) in [7, 11) is 0. The molecule has 2 atom stereocenters. The van der Waals surface area contributed by atoms with Gasteiger partial charge in [-0.25, -0.2) is 0 Å². The highest BCUT2D eigenvalue weighted by molar-refractivity contribution is 6.31. The molecule has 144 valence electrons. The molecule has 0 aliphatic carbocycles. The molecule has 1 heterocycles. The number of hydrogen-bond donors (Lipinski definition) is 1. The summed E-state index contributed by atoms with van der Waals surface area (Å²) in [6.45, 7) is 6.77. The quantitative estimate of drug-likeness (QED) is 0.781. The third kappa shape index (κ3) is 6.30. The molecule has 1 saturated heterocycles. The van der Waals surface area contributed by atoms with E-state index in [-0.39, 0.29) is 28.7 Å². The number of amides is 1. The lowest BCUT2D eigenvalue weighted by molar-refractivity contribution is -0.137. The number of morpholine rings is 1. The molecule has 2 rings (SSSR count). The Balaban J connectivity index is 1.84. The maximum absolute atomic E-state index is 12.8. The van der Waals surface area contributed by atoms with E-state index in [0.29, 0.717) is 13.1 Å². The summed E-state index contributed by atoms with van der Waals surface area (Å²) in [5.74, 6) is -0.358. The van der Waals surface area contributed by atoms with Crippen LogP contribution in [0.4, 0.5) is 13.2 Å². The monoisotopic (exact) mass is 390 g/mol. The molecule has 1 aliphatic rings. The van der Waals surface area contributed by atoms with Crippen LogP contribution in [0.3, 0.4) is 0 Å². The second kappa shape index (κ2) is 8.88. The van der Waals surface area contributed by atoms with Gasteiger partial charge in [0.2, 0.25) is 5.91 Å². The van der Waals surface area contributed by atoms with Gasteiger partial charge in [0.1, 0.15) is 0 Å². The summed E-state index contributed by atoms with van der Waals surface area (Å²) in [6, 6.07) is 3.52. The van der Waals surface area contributed by atoms with Crippen molar-refractivity contribution >= 4 is 23.6 Å². The zero-order valence-electron chi connectivity index (χ0n) is 14.6. The Morgan fingerprint density at radius 3 is 2.62 bits per heavy atom. The van der Waals surface area contributed by atoms with Gasteiger partial charge >= 0.3 is 6.18 Å². The average Bonchev–Trinajstić information content (AvgIpc) is 2.52. The molecule has 0 bridgehead atoms. The van der Waals surface area contributed by atoms with Crippen LogP contribution in [0.2, 0.25) is 5.02 Å². The van der Waals surface area contributed by atoms with Crippen molar-refractivity contribution in [1.29, 1.82) is 0 Å². The first-order chi connectivity index (χ1) is 12.1. The molecule has 0 saturated carbocycles. The van der Waals surface area contributed by atoms with Gasteiger partial charge in [0.05, 0.1) is 22.8 Å². The van der Waals surface area contributed by atoms with Crippen LogP contribution in [0.15, 0.2) is 24.3 Å². The summed E-state index contributed by atoms with van der Waals surface area (Å²) in [4.78, 5) is 14.1. The Morgan fingerprint density at radius 1 is 1.35 bits per heavy atom. The zero-order valence-corrected chi connectivity index (χ0v) is 15.4. The van der Waals surface area contributed by atoms with Crippen molar-refractivity contribution in [2.75, 3.05) is 26.2 Å². The molecule has 4 nitrogen and oxygen atoms in total. The number of benzene rings is 1. The summed E-state index contributed by atoms with van der Waals surface area (Å²) in [5.41, 5.74) is -0.662. The third-order valence-corrected chi connectivity index (χ3v) is 4.28. The van der Waals surface area contributed by atoms with Gasteiger partial charge in [-0.05, 0) is 37.6 Å². The van der Waals surface area contributed by atoms with Crippen molar-refractivity contribution in [3.05, 3.63) is 40.4 Å². The lowest BCUT2D eigenvalue weighted by Gasteiger charge is -2.35. The van der Waals surface area contributed by atoms with Crippen LogP contribution >= 0.6 is 11.6 Å². The molecule has 1 fully saturated rings. The van der Waals surface area contributed by atoms with Gasteiger partial charge < -0.3 is 10.1 Å². The van der Waals surface area contributed by atoms with E-state index in [2.05, 4.69) is 10.2 Å². The van der Waals surface area contributed by atoms with E-state index in [1.807, 2.05) is 13.8 Å². The van der Waals surface area contributed by atoms with Crippen LogP contribution in [0.1, 0.15) is 25.0 Å². The molecule has 1 aromatic carbocycles. The Labute approximate surface area is 155 Å². The maximum Gasteiger partial charge on any atom is 0.417 e. The Morgan fingerprint density at radius 2 is 2.00 bits per heavy atom. The minimum absolute atomic E-state index is 0.155. The van der Waals surface area contributed by atoms with E-state index in [1.165, 1.54) is 24.3 Å². The molecule has 26 heavy (non-hydrogen) atoms. The predicted molar refractivity (Wildman–Crippen MR) is 94.9 cm³/mol. The SMILES string of the molecule is CC1CN(CCNC(=O)/C=C/c2ccc(Cl)c(C(F)(F)F)c2)CC(C)O1. The van der Waals surface area contributed by atoms with Gasteiger partial charge in [-0.2, -0.15) is 13.2 Å². The minimum atomic E-state index is -4.53. The van der Waals surface area contributed by atoms with Gasteiger partial charge in [0, 0.05) is 32.3 Å². The van der Waals surface area contributed by atoms with Crippen molar-refractivity contribution in [1.82, 2.24) is 10.2 Å². The number of rotatable bonds is 5. The Bertz CT molecular complexity index is 654. The fourth-order valence-corrected chi connectivity index (χ4v) is 3.12. The van der Waals surface area contributed by atoms with E-state index >= 15 is 0 Å². The standard InChI is InChI=1S/C18H22ClF3N2O2/c1-12-10-24(11-13(2)26-12)8-7-23-17(25)6-4-14-3-5-16(19)15(9-14)18(20,21)22/h3-6,9,12-13H,7-8,10-11H2,1-2H3,(H,23,25)/b6-4+. The normalized spacial score (nSPS) is 21.9. The number of halogens is 4. The molecule has 0 aromatic heterocycles. The molecule has 0 radical (unpaired) electrons. The maximum atomic E-state index is 12.8. The second-order valence-electron chi connectivity index (χ2n) is 6.38. The number of carbonyl (C=O) groups excluding carboxylic acids is 1. The Kier molecular flexibility index (Phi) is 7.08. The van der Waals surface area contributed by atoms with Crippen LogP contribution in [0, 0.1) is 0 Å². The van der Waals surface area contributed by atoms with Gasteiger partial charge in [-0.1, -0.05) is 17.7 Å². The van der Waals surface area contributed by atoms with Crippen LogP contribution < -0.4 is 5.32 Å². The first-order valence-electron chi connectivity index (χ1n) is 8.35.